The highest BCUT2D eigenvalue weighted by Crippen LogP contribution is 2.20. The highest BCUT2D eigenvalue weighted by Gasteiger charge is 2.27. The van der Waals surface area contributed by atoms with Crippen molar-refractivity contribution in [2.45, 2.75) is 13.0 Å². The van der Waals surface area contributed by atoms with Crippen LogP contribution in [0.4, 0.5) is 0 Å². The van der Waals surface area contributed by atoms with Crippen LogP contribution in [0.2, 0.25) is 0 Å². The van der Waals surface area contributed by atoms with E-state index in [4.69, 9.17) is 0 Å². The minimum atomic E-state index is 0.117. The molecule has 1 unspecified atom stereocenters. The van der Waals surface area contributed by atoms with Gasteiger partial charge in [-0.15, -0.1) is 0 Å². The Balaban J connectivity index is 1.43. The fourth-order valence-corrected chi connectivity index (χ4v) is 3.15. The van der Waals surface area contributed by atoms with Gasteiger partial charge < -0.3 is 4.90 Å². The Morgan fingerprint density at radius 1 is 1.00 bits per heavy atom. The van der Waals surface area contributed by atoms with Crippen molar-refractivity contribution in [3.8, 4) is 0 Å². The number of amides is 1. The van der Waals surface area contributed by atoms with Crippen molar-refractivity contribution < 1.29 is 4.79 Å². The highest BCUT2D eigenvalue weighted by molar-refractivity contribution is 5.94. The lowest BCUT2D eigenvalue weighted by Crippen LogP contribution is -2.29. The fourth-order valence-electron chi connectivity index (χ4n) is 3.15. The van der Waals surface area contributed by atoms with Crippen molar-refractivity contribution in [3.05, 3.63) is 60.2 Å². The van der Waals surface area contributed by atoms with Crippen molar-refractivity contribution in [1.29, 1.82) is 0 Å². The van der Waals surface area contributed by atoms with Gasteiger partial charge in [0.15, 0.2) is 0 Å². The molecular weight excluding hydrogens is 288 g/mol. The molecule has 2 heterocycles. The van der Waals surface area contributed by atoms with Crippen molar-refractivity contribution in [3.63, 3.8) is 0 Å². The molecule has 1 aromatic heterocycles. The first-order valence-corrected chi connectivity index (χ1v) is 7.94. The van der Waals surface area contributed by atoms with Gasteiger partial charge in [-0.25, -0.2) is 0 Å². The molecule has 2 aromatic carbocycles. The predicted octanol–water partition coefficient (Wildman–Crippen LogP) is 2.59. The molecule has 5 nitrogen and oxygen atoms in total. The Labute approximate surface area is 134 Å². The van der Waals surface area contributed by atoms with Crippen LogP contribution >= 0.6 is 0 Å². The quantitative estimate of drug-likeness (QED) is 0.747. The van der Waals surface area contributed by atoms with Crippen LogP contribution in [0.1, 0.15) is 16.8 Å². The van der Waals surface area contributed by atoms with Gasteiger partial charge in [0.1, 0.15) is 11.0 Å². The standard InChI is InChI=1S/C18H18N4O/c23-18(15-6-2-1-3-7-15)21-11-10-14(12-21)13-22-19-16-8-4-5-9-17(16)20-22/h1-9,14H,10-13H2. The summed E-state index contributed by atoms with van der Waals surface area (Å²) in [6, 6.07) is 17.4. The van der Waals surface area contributed by atoms with Crippen LogP contribution in [0.25, 0.3) is 11.0 Å². The van der Waals surface area contributed by atoms with Crippen LogP contribution in [0.15, 0.2) is 54.6 Å². The molecule has 0 spiro atoms. The van der Waals surface area contributed by atoms with Crippen LogP contribution < -0.4 is 0 Å². The minimum absolute atomic E-state index is 0.117. The molecule has 1 saturated heterocycles. The van der Waals surface area contributed by atoms with Crippen LogP contribution in [-0.4, -0.2) is 38.9 Å². The van der Waals surface area contributed by atoms with E-state index in [1.807, 2.05) is 59.5 Å². The number of nitrogens with zero attached hydrogens (tertiary/aromatic N) is 4. The Bertz CT molecular complexity index is 794. The molecule has 0 N–H and O–H groups in total. The van der Waals surface area contributed by atoms with Gasteiger partial charge in [0.05, 0.1) is 6.54 Å². The number of benzene rings is 2. The average molecular weight is 306 g/mol. The monoisotopic (exact) mass is 306 g/mol. The zero-order valence-corrected chi connectivity index (χ0v) is 12.8. The molecule has 1 atom stereocenters. The number of rotatable bonds is 3. The summed E-state index contributed by atoms with van der Waals surface area (Å²) >= 11 is 0. The summed E-state index contributed by atoms with van der Waals surface area (Å²) in [7, 11) is 0. The summed E-state index contributed by atoms with van der Waals surface area (Å²) in [6.07, 6.45) is 0.996. The molecule has 0 saturated carbocycles. The molecule has 1 aliphatic rings. The van der Waals surface area contributed by atoms with Crippen LogP contribution in [0, 0.1) is 5.92 Å². The maximum absolute atomic E-state index is 12.5. The number of hydrogen-bond donors (Lipinski definition) is 0. The van der Waals surface area contributed by atoms with E-state index >= 15 is 0 Å². The van der Waals surface area contributed by atoms with Crippen molar-refractivity contribution in [2.24, 2.45) is 5.92 Å². The minimum Gasteiger partial charge on any atom is -0.338 e. The van der Waals surface area contributed by atoms with Gasteiger partial charge in [-0.05, 0) is 36.6 Å². The molecule has 0 radical (unpaired) electrons. The van der Waals surface area contributed by atoms with Gasteiger partial charge in [0, 0.05) is 18.7 Å². The number of carbonyl (C=O) groups excluding carboxylic acids is 1. The summed E-state index contributed by atoms with van der Waals surface area (Å²) < 4.78 is 0. The third kappa shape index (κ3) is 2.82. The normalized spacial score (nSPS) is 17.7. The number of fused-ring (bicyclic) bond motifs is 1. The fraction of sp³-hybridized carbons (Fsp3) is 0.278. The number of likely N-dealkylation sites (tertiary alicyclic amines) is 1. The summed E-state index contributed by atoms with van der Waals surface area (Å²) in [4.78, 5) is 16.2. The molecule has 1 aliphatic heterocycles. The molecule has 5 heteroatoms. The largest absolute Gasteiger partial charge is 0.338 e. The van der Waals surface area contributed by atoms with E-state index in [0.29, 0.717) is 5.92 Å². The van der Waals surface area contributed by atoms with Crippen LogP contribution in [0.5, 0.6) is 0 Å². The SMILES string of the molecule is O=C(c1ccccc1)N1CCC(Cn2nc3ccccc3n2)C1. The number of hydrogen-bond acceptors (Lipinski definition) is 3. The predicted molar refractivity (Wildman–Crippen MR) is 88.0 cm³/mol. The zero-order valence-electron chi connectivity index (χ0n) is 12.8. The molecule has 4 rings (SSSR count). The van der Waals surface area contributed by atoms with Gasteiger partial charge in [0.2, 0.25) is 0 Å². The summed E-state index contributed by atoms with van der Waals surface area (Å²) in [5, 5.41) is 9.01. The summed E-state index contributed by atoms with van der Waals surface area (Å²) in [6.45, 7) is 2.33. The topological polar surface area (TPSA) is 51.0 Å². The van der Waals surface area contributed by atoms with E-state index in [2.05, 4.69) is 10.2 Å². The van der Waals surface area contributed by atoms with E-state index in [-0.39, 0.29) is 5.91 Å². The first-order valence-electron chi connectivity index (χ1n) is 7.94. The van der Waals surface area contributed by atoms with Gasteiger partial charge in [0.25, 0.3) is 5.91 Å². The van der Waals surface area contributed by atoms with Crippen molar-refractivity contribution in [2.75, 3.05) is 13.1 Å². The van der Waals surface area contributed by atoms with Crippen molar-refractivity contribution in [1.82, 2.24) is 19.9 Å². The number of aromatic nitrogens is 3. The van der Waals surface area contributed by atoms with Gasteiger partial charge in [-0.3, -0.25) is 4.79 Å². The maximum Gasteiger partial charge on any atom is 0.253 e. The Kier molecular flexibility index (Phi) is 3.54. The van der Waals surface area contributed by atoms with E-state index < -0.39 is 0 Å². The number of carbonyl (C=O) groups is 1. The lowest BCUT2D eigenvalue weighted by atomic mass is 10.1. The molecule has 0 bridgehead atoms. The van der Waals surface area contributed by atoms with Crippen LogP contribution in [0.3, 0.4) is 0 Å². The summed E-state index contributed by atoms with van der Waals surface area (Å²) in [5.74, 6) is 0.524. The summed E-state index contributed by atoms with van der Waals surface area (Å²) in [5.41, 5.74) is 2.60. The molecule has 0 aliphatic carbocycles. The Morgan fingerprint density at radius 3 is 2.35 bits per heavy atom. The van der Waals surface area contributed by atoms with Gasteiger partial charge in [-0.1, -0.05) is 30.3 Å². The maximum atomic E-state index is 12.5. The molecule has 1 fully saturated rings. The van der Waals surface area contributed by atoms with E-state index in [9.17, 15) is 4.79 Å². The third-order valence-corrected chi connectivity index (χ3v) is 4.34. The molecule has 1 amide bonds. The average Bonchev–Trinajstić information content (AvgIpc) is 3.21. The second-order valence-electron chi connectivity index (χ2n) is 6.02. The lowest BCUT2D eigenvalue weighted by molar-refractivity contribution is 0.0785. The second kappa shape index (κ2) is 5.83. The Hall–Kier alpha value is -2.69. The molecule has 23 heavy (non-hydrogen) atoms. The van der Waals surface area contributed by atoms with Crippen LogP contribution in [-0.2, 0) is 6.54 Å². The Morgan fingerprint density at radius 2 is 1.65 bits per heavy atom. The zero-order chi connectivity index (χ0) is 15.6. The van der Waals surface area contributed by atoms with E-state index in [1.54, 1.807) is 4.80 Å². The van der Waals surface area contributed by atoms with Gasteiger partial charge >= 0.3 is 0 Å². The first kappa shape index (κ1) is 13.9. The lowest BCUT2D eigenvalue weighted by Gasteiger charge is -2.16. The highest BCUT2D eigenvalue weighted by atomic mass is 16.2. The van der Waals surface area contributed by atoms with E-state index in [1.165, 1.54) is 0 Å². The van der Waals surface area contributed by atoms with Crippen molar-refractivity contribution >= 4 is 16.9 Å². The second-order valence-corrected chi connectivity index (χ2v) is 6.02. The van der Waals surface area contributed by atoms with Gasteiger partial charge in [-0.2, -0.15) is 15.0 Å². The molecule has 3 aromatic rings. The molecule has 116 valence electrons. The molecular formula is C18H18N4O. The smallest absolute Gasteiger partial charge is 0.253 e. The third-order valence-electron chi connectivity index (χ3n) is 4.34. The first-order chi connectivity index (χ1) is 11.3. The van der Waals surface area contributed by atoms with E-state index in [0.717, 1.165) is 42.7 Å².